The number of nitrogens with one attached hydrogen (secondary N) is 3. The second-order valence-corrected chi connectivity index (χ2v) is 10.6. The molecular formula is C27H29N3O5S2. The summed E-state index contributed by atoms with van der Waals surface area (Å²) in [6, 6.07) is 16.2. The summed E-state index contributed by atoms with van der Waals surface area (Å²) >= 11 is 2.33. The van der Waals surface area contributed by atoms with Crippen molar-refractivity contribution in [2.45, 2.75) is 43.8 Å². The average Bonchev–Trinajstić information content (AvgIpc) is 3.20. The molecule has 3 N–H and O–H groups in total. The minimum absolute atomic E-state index is 0.0639. The summed E-state index contributed by atoms with van der Waals surface area (Å²) in [5.41, 5.74) is 1.85. The molecule has 0 fully saturated rings. The third-order valence-electron chi connectivity index (χ3n) is 5.29. The Bertz CT molecular complexity index is 1290. The second kappa shape index (κ2) is 13.1. The number of carbonyl (C=O) groups excluding carboxylic acids is 4. The number of rotatable bonds is 10. The summed E-state index contributed by atoms with van der Waals surface area (Å²) in [4.78, 5) is 51.5. The van der Waals surface area contributed by atoms with Gasteiger partial charge in [0.1, 0.15) is 5.00 Å². The standard InChI is InChI=1S/C27H29N3O5S2/c1-5-10-21(31)28-19-13-9-14-20(15-19)36-17(3)24(32)30-26-22(27(34)35-4)16(2)23(37-26)25(33)29-18-11-7-6-8-12-18/h6-9,11-15,17H,5,10H2,1-4H3,(H,28,31)(H,29,33)(H,30,32). The van der Waals surface area contributed by atoms with Crippen molar-refractivity contribution < 1.29 is 23.9 Å². The molecule has 1 unspecified atom stereocenters. The lowest BCUT2D eigenvalue weighted by Gasteiger charge is -2.13. The van der Waals surface area contributed by atoms with Crippen LogP contribution in [-0.4, -0.2) is 36.1 Å². The van der Waals surface area contributed by atoms with Gasteiger partial charge in [-0.05, 0) is 56.2 Å². The van der Waals surface area contributed by atoms with Crippen molar-refractivity contribution in [2.75, 3.05) is 23.1 Å². The van der Waals surface area contributed by atoms with E-state index in [2.05, 4.69) is 16.0 Å². The average molecular weight is 540 g/mol. The Labute approximate surface area is 224 Å². The number of anilines is 3. The number of esters is 1. The van der Waals surface area contributed by atoms with E-state index in [1.165, 1.54) is 18.9 Å². The first-order valence-electron chi connectivity index (χ1n) is 11.7. The zero-order valence-electron chi connectivity index (χ0n) is 21.0. The number of thiophene rings is 1. The lowest BCUT2D eigenvalue weighted by Crippen LogP contribution is -2.23. The molecule has 37 heavy (non-hydrogen) atoms. The normalized spacial score (nSPS) is 11.4. The summed E-state index contributed by atoms with van der Waals surface area (Å²) in [7, 11) is 1.25. The van der Waals surface area contributed by atoms with Crippen molar-refractivity contribution >= 4 is 63.2 Å². The molecule has 0 bridgehead atoms. The third-order valence-corrected chi connectivity index (χ3v) is 7.59. The summed E-state index contributed by atoms with van der Waals surface area (Å²) in [5, 5.41) is 8.17. The van der Waals surface area contributed by atoms with E-state index >= 15 is 0 Å². The number of hydrogen-bond donors (Lipinski definition) is 3. The van der Waals surface area contributed by atoms with Gasteiger partial charge in [0.05, 0.1) is 22.8 Å². The summed E-state index contributed by atoms with van der Waals surface area (Å²) in [5.74, 6) is -1.43. The molecule has 1 atom stereocenters. The van der Waals surface area contributed by atoms with Crippen molar-refractivity contribution in [3.05, 3.63) is 70.6 Å². The van der Waals surface area contributed by atoms with Crippen molar-refractivity contribution in [2.24, 2.45) is 0 Å². The van der Waals surface area contributed by atoms with Gasteiger partial charge in [0, 0.05) is 22.7 Å². The Morgan fingerprint density at radius 1 is 0.973 bits per heavy atom. The molecule has 1 heterocycles. The molecule has 0 aliphatic carbocycles. The molecule has 0 aliphatic rings. The zero-order chi connectivity index (χ0) is 26.9. The molecule has 3 rings (SSSR count). The van der Waals surface area contributed by atoms with E-state index in [0.717, 1.165) is 22.7 Å². The highest BCUT2D eigenvalue weighted by Gasteiger charge is 2.27. The van der Waals surface area contributed by atoms with Crippen LogP contribution in [0.2, 0.25) is 0 Å². The first-order chi connectivity index (χ1) is 17.7. The van der Waals surface area contributed by atoms with Crippen LogP contribution in [0.3, 0.4) is 0 Å². The molecule has 1 aromatic heterocycles. The highest BCUT2D eigenvalue weighted by Crippen LogP contribution is 2.35. The molecule has 10 heteroatoms. The molecule has 0 spiro atoms. The summed E-state index contributed by atoms with van der Waals surface area (Å²) in [6.07, 6.45) is 1.19. The SMILES string of the molecule is CCCC(=O)Nc1cccc(SC(C)C(=O)Nc2sc(C(=O)Nc3ccccc3)c(C)c2C(=O)OC)c1. The number of hydrogen-bond acceptors (Lipinski definition) is 7. The molecule has 8 nitrogen and oxygen atoms in total. The monoisotopic (exact) mass is 539 g/mol. The number of amides is 3. The van der Waals surface area contributed by atoms with Crippen LogP contribution in [0.25, 0.3) is 0 Å². The lowest BCUT2D eigenvalue weighted by atomic mass is 10.1. The predicted octanol–water partition coefficient (Wildman–Crippen LogP) is 5.95. The number of thioether (sulfide) groups is 1. The van der Waals surface area contributed by atoms with Crippen LogP contribution in [0.15, 0.2) is 59.5 Å². The lowest BCUT2D eigenvalue weighted by molar-refractivity contribution is -0.116. The predicted molar refractivity (Wildman–Crippen MR) is 149 cm³/mol. The Balaban J connectivity index is 1.76. The van der Waals surface area contributed by atoms with E-state index in [1.807, 2.05) is 31.2 Å². The van der Waals surface area contributed by atoms with Gasteiger partial charge in [-0.15, -0.1) is 23.1 Å². The maximum Gasteiger partial charge on any atom is 0.341 e. The fraction of sp³-hybridized carbons (Fsp3) is 0.259. The Morgan fingerprint density at radius 3 is 2.35 bits per heavy atom. The minimum Gasteiger partial charge on any atom is -0.465 e. The van der Waals surface area contributed by atoms with Gasteiger partial charge in [0.15, 0.2) is 0 Å². The topological polar surface area (TPSA) is 114 Å². The molecule has 0 radical (unpaired) electrons. The number of methoxy groups -OCH3 is 1. The number of benzene rings is 2. The number of ether oxygens (including phenoxy) is 1. The van der Waals surface area contributed by atoms with Crippen LogP contribution in [0.1, 0.15) is 52.3 Å². The van der Waals surface area contributed by atoms with E-state index in [-0.39, 0.29) is 28.3 Å². The Morgan fingerprint density at radius 2 is 1.68 bits per heavy atom. The fourth-order valence-electron chi connectivity index (χ4n) is 3.44. The van der Waals surface area contributed by atoms with Gasteiger partial charge in [0.2, 0.25) is 11.8 Å². The van der Waals surface area contributed by atoms with Crippen molar-refractivity contribution in [3.8, 4) is 0 Å². The van der Waals surface area contributed by atoms with Crippen LogP contribution in [0.5, 0.6) is 0 Å². The fourth-order valence-corrected chi connectivity index (χ4v) is 5.46. The Hall–Kier alpha value is -3.63. The van der Waals surface area contributed by atoms with E-state index in [0.29, 0.717) is 28.2 Å². The smallest absolute Gasteiger partial charge is 0.341 e. The van der Waals surface area contributed by atoms with Crippen LogP contribution >= 0.6 is 23.1 Å². The molecule has 3 aromatic rings. The van der Waals surface area contributed by atoms with Gasteiger partial charge in [-0.3, -0.25) is 14.4 Å². The van der Waals surface area contributed by atoms with E-state index in [1.54, 1.807) is 44.2 Å². The first-order valence-corrected chi connectivity index (χ1v) is 13.4. The van der Waals surface area contributed by atoms with Gasteiger partial charge in [0.25, 0.3) is 5.91 Å². The quantitative estimate of drug-likeness (QED) is 0.217. The van der Waals surface area contributed by atoms with Crippen molar-refractivity contribution in [3.63, 3.8) is 0 Å². The minimum atomic E-state index is -0.640. The van der Waals surface area contributed by atoms with Gasteiger partial charge in [-0.2, -0.15) is 0 Å². The van der Waals surface area contributed by atoms with E-state index in [4.69, 9.17) is 4.74 Å². The summed E-state index contributed by atoms with van der Waals surface area (Å²) in [6.45, 7) is 5.32. The second-order valence-electron chi connectivity index (χ2n) is 8.15. The van der Waals surface area contributed by atoms with Gasteiger partial charge < -0.3 is 20.7 Å². The van der Waals surface area contributed by atoms with Crippen LogP contribution < -0.4 is 16.0 Å². The molecular weight excluding hydrogens is 510 g/mol. The van der Waals surface area contributed by atoms with E-state index in [9.17, 15) is 19.2 Å². The highest BCUT2D eigenvalue weighted by atomic mass is 32.2. The largest absolute Gasteiger partial charge is 0.465 e. The van der Waals surface area contributed by atoms with Crippen LogP contribution in [-0.2, 0) is 14.3 Å². The van der Waals surface area contributed by atoms with E-state index < -0.39 is 11.2 Å². The summed E-state index contributed by atoms with van der Waals surface area (Å²) < 4.78 is 4.91. The van der Waals surface area contributed by atoms with Crippen molar-refractivity contribution in [1.82, 2.24) is 0 Å². The first kappa shape index (κ1) is 27.9. The zero-order valence-corrected chi connectivity index (χ0v) is 22.7. The molecule has 0 saturated carbocycles. The maximum atomic E-state index is 13.1. The van der Waals surface area contributed by atoms with Gasteiger partial charge in [-0.25, -0.2) is 4.79 Å². The van der Waals surface area contributed by atoms with Crippen LogP contribution in [0, 0.1) is 6.92 Å². The van der Waals surface area contributed by atoms with Gasteiger partial charge in [-0.1, -0.05) is 31.2 Å². The van der Waals surface area contributed by atoms with Crippen molar-refractivity contribution in [1.29, 1.82) is 0 Å². The number of para-hydroxylation sites is 1. The maximum absolute atomic E-state index is 13.1. The molecule has 3 amide bonds. The van der Waals surface area contributed by atoms with Gasteiger partial charge >= 0.3 is 5.97 Å². The molecule has 194 valence electrons. The number of carbonyl (C=O) groups is 4. The highest BCUT2D eigenvalue weighted by molar-refractivity contribution is 8.00. The molecule has 0 aliphatic heterocycles. The molecule has 2 aromatic carbocycles. The van der Waals surface area contributed by atoms with Crippen LogP contribution in [0.4, 0.5) is 16.4 Å². The molecule has 0 saturated heterocycles. The Kier molecular flexibility index (Phi) is 9.87. The third kappa shape index (κ3) is 7.43.